The van der Waals surface area contributed by atoms with Crippen molar-refractivity contribution in [3.63, 3.8) is 0 Å². The van der Waals surface area contributed by atoms with Crippen LogP contribution in [0.25, 0.3) is 0 Å². The highest BCUT2D eigenvalue weighted by atomic mass is 16.3. The SMILES string of the molecule is O=C(N/N=C\c1ccc(O)cc1)C12CC3CC(CC(C3)C1)C2. The van der Waals surface area contributed by atoms with Crippen molar-refractivity contribution in [2.24, 2.45) is 28.3 Å². The van der Waals surface area contributed by atoms with E-state index in [-0.39, 0.29) is 17.1 Å². The maximum absolute atomic E-state index is 12.7. The number of hydrogen-bond donors (Lipinski definition) is 2. The van der Waals surface area contributed by atoms with Crippen molar-refractivity contribution in [2.75, 3.05) is 0 Å². The number of phenolic OH excluding ortho intramolecular Hbond substituents is 1. The van der Waals surface area contributed by atoms with Crippen LogP contribution in [0, 0.1) is 23.2 Å². The molecular weight excluding hydrogens is 276 g/mol. The zero-order valence-electron chi connectivity index (χ0n) is 12.7. The third-order valence-corrected chi connectivity index (χ3v) is 5.79. The fourth-order valence-electron chi connectivity index (χ4n) is 5.23. The van der Waals surface area contributed by atoms with Gasteiger partial charge < -0.3 is 5.11 Å². The summed E-state index contributed by atoms with van der Waals surface area (Å²) in [5, 5.41) is 13.4. The number of nitrogens with one attached hydrogen (secondary N) is 1. The van der Waals surface area contributed by atoms with Gasteiger partial charge in [-0.1, -0.05) is 0 Å². The summed E-state index contributed by atoms with van der Waals surface area (Å²) in [4.78, 5) is 12.7. The Bertz CT molecular complexity index is 571. The Balaban J connectivity index is 1.43. The molecule has 0 heterocycles. The molecule has 0 radical (unpaired) electrons. The van der Waals surface area contributed by atoms with Crippen LogP contribution in [0.15, 0.2) is 29.4 Å². The highest BCUT2D eigenvalue weighted by Gasteiger charge is 2.54. The smallest absolute Gasteiger partial charge is 0.246 e. The minimum Gasteiger partial charge on any atom is -0.508 e. The number of amides is 1. The molecule has 1 aromatic carbocycles. The largest absolute Gasteiger partial charge is 0.508 e. The topological polar surface area (TPSA) is 61.7 Å². The highest BCUT2D eigenvalue weighted by molar-refractivity contribution is 5.85. The van der Waals surface area contributed by atoms with Gasteiger partial charge in [-0.05, 0) is 86.1 Å². The Kier molecular flexibility index (Phi) is 3.21. The van der Waals surface area contributed by atoms with E-state index in [1.165, 1.54) is 19.3 Å². The minimum absolute atomic E-state index is 0.113. The van der Waals surface area contributed by atoms with Crippen LogP contribution in [0.2, 0.25) is 0 Å². The van der Waals surface area contributed by atoms with Gasteiger partial charge in [0.1, 0.15) is 5.75 Å². The van der Waals surface area contributed by atoms with Gasteiger partial charge >= 0.3 is 0 Å². The molecule has 4 nitrogen and oxygen atoms in total. The Labute approximate surface area is 130 Å². The molecule has 4 saturated carbocycles. The maximum atomic E-state index is 12.7. The number of hydrazone groups is 1. The molecule has 0 spiro atoms. The lowest BCUT2D eigenvalue weighted by Crippen LogP contribution is -2.52. The lowest BCUT2D eigenvalue weighted by Gasteiger charge is -2.55. The van der Waals surface area contributed by atoms with Crippen molar-refractivity contribution < 1.29 is 9.90 Å². The van der Waals surface area contributed by atoms with E-state index in [9.17, 15) is 9.90 Å². The Morgan fingerprint density at radius 1 is 1.09 bits per heavy atom. The molecule has 0 aromatic heterocycles. The summed E-state index contributed by atoms with van der Waals surface area (Å²) in [6, 6.07) is 6.77. The lowest BCUT2D eigenvalue weighted by molar-refractivity contribution is -0.146. The summed E-state index contributed by atoms with van der Waals surface area (Å²) in [5.74, 6) is 2.63. The molecule has 1 aromatic rings. The molecule has 0 saturated heterocycles. The number of hydrogen-bond acceptors (Lipinski definition) is 3. The summed E-state index contributed by atoms with van der Waals surface area (Å²) in [7, 11) is 0. The van der Waals surface area contributed by atoms with Crippen LogP contribution in [-0.4, -0.2) is 17.2 Å². The van der Waals surface area contributed by atoms with Crippen molar-refractivity contribution >= 4 is 12.1 Å². The maximum Gasteiger partial charge on any atom is 0.246 e. The number of rotatable bonds is 3. The minimum atomic E-state index is -0.152. The first-order chi connectivity index (χ1) is 10.6. The average molecular weight is 298 g/mol. The van der Waals surface area contributed by atoms with Gasteiger partial charge in [0.15, 0.2) is 0 Å². The molecule has 4 aliphatic rings. The van der Waals surface area contributed by atoms with Crippen molar-refractivity contribution in [2.45, 2.75) is 38.5 Å². The van der Waals surface area contributed by atoms with Gasteiger partial charge in [-0.15, -0.1) is 0 Å². The second kappa shape index (κ2) is 5.11. The predicted octanol–water partition coefficient (Wildman–Crippen LogP) is 3.06. The fraction of sp³-hybridized carbons (Fsp3) is 0.556. The number of carbonyl (C=O) groups excluding carboxylic acids is 1. The van der Waals surface area contributed by atoms with E-state index in [4.69, 9.17) is 0 Å². The van der Waals surface area contributed by atoms with Crippen LogP contribution in [0.4, 0.5) is 0 Å². The van der Waals surface area contributed by atoms with E-state index >= 15 is 0 Å². The fourth-order valence-corrected chi connectivity index (χ4v) is 5.23. The van der Waals surface area contributed by atoms with Crippen molar-refractivity contribution in [1.29, 1.82) is 0 Å². The molecule has 22 heavy (non-hydrogen) atoms. The van der Waals surface area contributed by atoms with Crippen molar-refractivity contribution in [1.82, 2.24) is 5.43 Å². The third kappa shape index (κ3) is 2.40. The van der Waals surface area contributed by atoms with Crippen LogP contribution in [-0.2, 0) is 4.79 Å². The third-order valence-electron chi connectivity index (χ3n) is 5.79. The zero-order chi connectivity index (χ0) is 15.2. The first-order valence-electron chi connectivity index (χ1n) is 8.25. The molecule has 0 atom stereocenters. The van der Waals surface area contributed by atoms with E-state index in [0.717, 1.165) is 42.6 Å². The van der Waals surface area contributed by atoms with Crippen LogP contribution in [0.3, 0.4) is 0 Å². The molecule has 1 amide bonds. The number of aromatic hydroxyl groups is 1. The molecule has 4 heteroatoms. The Morgan fingerprint density at radius 3 is 2.18 bits per heavy atom. The highest BCUT2D eigenvalue weighted by Crippen LogP contribution is 2.60. The first kappa shape index (κ1) is 13.8. The number of carbonyl (C=O) groups is 1. The summed E-state index contributed by atoms with van der Waals surface area (Å²) < 4.78 is 0. The summed E-state index contributed by atoms with van der Waals surface area (Å²) in [5.41, 5.74) is 3.48. The van der Waals surface area contributed by atoms with E-state index in [1.54, 1.807) is 30.5 Å². The van der Waals surface area contributed by atoms with Gasteiger partial charge in [-0.25, -0.2) is 5.43 Å². The lowest BCUT2D eigenvalue weighted by atomic mass is 9.49. The van der Waals surface area contributed by atoms with Gasteiger partial charge in [0.2, 0.25) is 5.91 Å². The van der Waals surface area contributed by atoms with Crippen LogP contribution >= 0.6 is 0 Å². The summed E-state index contributed by atoms with van der Waals surface area (Å²) >= 11 is 0. The Hall–Kier alpha value is -1.84. The van der Waals surface area contributed by atoms with Gasteiger partial charge in [0.05, 0.1) is 11.6 Å². The monoisotopic (exact) mass is 298 g/mol. The molecular formula is C18H22N2O2. The number of phenols is 1. The molecule has 4 bridgehead atoms. The van der Waals surface area contributed by atoms with Gasteiger partial charge in [-0.3, -0.25) is 4.79 Å². The average Bonchev–Trinajstić information content (AvgIpc) is 2.48. The summed E-state index contributed by atoms with van der Waals surface area (Å²) in [6.07, 6.45) is 8.81. The van der Waals surface area contributed by atoms with Crippen LogP contribution < -0.4 is 5.43 Å². The standard InChI is InChI=1S/C18H22N2O2/c21-16-3-1-12(2-4-16)11-19-20-17(22)18-8-13-5-14(9-18)7-15(6-13)10-18/h1-4,11,13-15,21H,5-10H2,(H,20,22)/b19-11-. The molecule has 116 valence electrons. The van der Waals surface area contributed by atoms with E-state index < -0.39 is 0 Å². The van der Waals surface area contributed by atoms with Gasteiger partial charge in [0.25, 0.3) is 0 Å². The van der Waals surface area contributed by atoms with Crippen LogP contribution in [0.1, 0.15) is 44.1 Å². The second-order valence-corrected chi connectivity index (χ2v) is 7.49. The van der Waals surface area contributed by atoms with Gasteiger partial charge in [-0.2, -0.15) is 5.10 Å². The predicted molar refractivity (Wildman–Crippen MR) is 84.4 cm³/mol. The number of nitrogens with zero attached hydrogens (tertiary/aromatic N) is 1. The quantitative estimate of drug-likeness (QED) is 0.665. The molecule has 5 rings (SSSR count). The molecule has 0 unspecified atom stereocenters. The molecule has 4 fully saturated rings. The molecule has 0 aliphatic heterocycles. The molecule has 4 aliphatic carbocycles. The number of benzene rings is 1. The first-order valence-corrected chi connectivity index (χ1v) is 8.25. The van der Waals surface area contributed by atoms with Crippen LogP contribution in [0.5, 0.6) is 5.75 Å². The van der Waals surface area contributed by atoms with Gasteiger partial charge in [0, 0.05) is 0 Å². The second-order valence-electron chi connectivity index (χ2n) is 7.49. The summed E-state index contributed by atoms with van der Waals surface area (Å²) in [6.45, 7) is 0. The normalized spacial score (nSPS) is 35.9. The van der Waals surface area contributed by atoms with E-state index in [2.05, 4.69) is 10.5 Å². The van der Waals surface area contributed by atoms with Crippen molar-refractivity contribution in [3.05, 3.63) is 29.8 Å². The van der Waals surface area contributed by atoms with Crippen molar-refractivity contribution in [3.8, 4) is 5.75 Å². The molecule has 2 N–H and O–H groups in total. The Morgan fingerprint density at radius 2 is 1.64 bits per heavy atom. The van der Waals surface area contributed by atoms with E-state index in [0.29, 0.717) is 0 Å². The van der Waals surface area contributed by atoms with E-state index in [1.807, 2.05) is 0 Å². The zero-order valence-corrected chi connectivity index (χ0v) is 12.7.